The van der Waals surface area contributed by atoms with Gasteiger partial charge in [-0.25, -0.2) is 4.39 Å². The number of carbonyl (C=O) groups excluding carboxylic acids is 1. The Morgan fingerprint density at radius 3 is 2.88 bits per heavy atom. The first-order valence-electron chi connectivity index (χ1n) is 5.33. The first-order valence-corrected chi connectivity index (χ1v) is 5.71. The van der Waals surface area contributed by atoms with Gasteiger partial charge in [0.15, 0.2) is 0 Å². The Kier molecular flexibility index (Phi) is 5.38. The quantitative estimate of drug-likeness (QED) is 0.883. The van der Waals surface area contributed by atoms with Crippen molar-refractivity contribution in [2.45, 2.75) is 19.4 Å². The van der Waals surface area contributed by atoms with Crippen LogP contribution < -0.4 is 5.32 Å². The molecule has 1 aromatic carbocycles. The van der Waals surface area contributed by atoms with E-state index in [4.69, 9.17) is 16.3 Å². The van der Waals surface area contributed by atoms with Gasteiger partial charge in [-0.15, -0.1) is 0 Å². The highest BCUT2D eigenvalue weighted by molar-refractivity contribution is 6.31. The predicted molar refractivity (Wildman–Crippen MR) is 64.8 cm³/mol. The van der Waals surface area contributed by atoms with Gasteiger partial charge in [0.05, 0.1) is 18.2 Å². The molecule has 0 radical (unpaired) electrons. The highest BCUT2D eigenvalue weighted by atomic mass is 35.5. The molecular weight excluding hydrogens is 245 g/mol. The molecule has 0 aliphatic rings. The zero-order valence-electron chi connectivity index (χ0n) is 9.80. The molecule has 0 fully saturated rings. The summed E-state index contributed by atoms with van der Waals surface area (Å²) >= 11 is 5.72. The van der Waals surface area contributed by atoms with Crippen LogP contribution in [0.15, 0.2) is 18.2 Å². The first-order chi connectivity index (χ1) is 8.08. The number of ether oxygens (including phenoxy) is 1. The molecule has 1 aromatic rings. The van der Waals surface area contributed by atoms with Crippen LogP contribution in [0.5, 0.6) is 0 Å². The minimum atomic E-state index is -0.584. The van der Waals surface area contributed by atoms with E-state index in [9.17, 15) is 9.18 Å². The lowest BCUT2D eigenvalue weighted by Gasteiger charge is -2.16. The van der Waals surface area contributed by atoms with Crippen molar-refractivity contribution in [3.8, 4) is 0 Å². The number of amides is 1. The van der Waals surface area contributed by atoms with E-state index in [2.05, 4.69) is 5.32 Å². The number of hydrogen-bond donors (Lipinski definition) is 1. The van der Waals surface area contributed by atoms with Crippen molar-refractivity contribution >= 4 is 17.5 Å². The van der Waals surface area contributed by atoms with Crippen molar-refractivity contribution in [2.75, 3.05) is 13.7 Å². The summed E-state index contributed by atoms with van der Waals surface area (Å²) < 4.78 is 18.4. The first kappa shape index (κ1) is 13.9. The van der Waals surface area contributed by atoms with E-state index in [0.29, 0.717) is 18.1 Å². The third-order valence-corrected chi connectivity index (χ3v) is 2.60. The molecule has 0 aromatic heterocycles. The number of rotatable bonds is 5. The molecule has 1 atom stereocenters. The largest absolute Gasteiger partial charge is 0.383 e. The standard InChI is InChI=1S/C12H15ClFNO2/c1-3-9(7-17-2)15-12(16)10-6-8(13)4-5-11(10)14/h4-6,9H,3,7H2,1-2H3,(H,15,16). The van der Waals surface area contributed by atoms with Gasteiger partial charge in [0, 0.05) is 12.1 Å². The number of benzene rings is 1. The molecule has 1 amide bonds. The maximum Gasteiger partial charge on any atom is 0.254 e. The van der Waals surface area contributed by atoms with E-state index in [1.165, 1.54) is 18.2 Å². The lowest BCUT2D eigenvalue weighted by Crippen LogP contribution is -2.37. The Morgan fingerprint density at radius 2 is 2.29 bits per heavy atom. The van der Waals surface area contributed by atoms with Gasteiger partial charge < -0.3 is 10.1 Å². The van der Waals surface area contributed by atoms with E-state index in [1.54, 1.807) is 7.11 Å². The van der Waals surface area contributed by atoms with Crippen molar-refractivity contribution < 1.29 is 13.9 Å². The average Bonchev–Trinajstić information content (AvgIpc) is 2.31. The minimum Gasteiger partial charge on any atom is -0.383 e. The fraction of sp³-hybridized carbons (Fsp3) is 0.417. The zero-order valence-corrected chi connectivity index (χ0v) is 10.6. The molecule has 5 heteroatoms. The monoisotopic (exact) mass is 259 g/mol. The summed E-state index contributed by atoms with van der Waals surface area (Å²) in [7, 11) is 1.55. The van der Waals surface area contributed by atoms with E-state index in [-0.39, 0.29) is 11.6 Å². The third kappa shape index (κ3) is 3.98. The lowest BCUT2D eigenvalue weighted by atomic mass is 10.1. The summed E-state index contributed by atoms with van der Waals surface area (Å²) in [6.07, 6.45) is 0.710. The molecular formula is C12H15ClFNO2. The molecule has 1 rings (SSSR count). The topological polar surface area (TPSA) is 38.3 Å². The summed E-state index contributed by atoms with van der Waals surface area (Å²) in [6, 6.07) is 3.76. The molecule has 0 aliphatic carbocycles. The summed E-state index contributed by atoms with van der Waals surface area (Å²) in [5, 5.41) is 3.02. The van der Waals surface area contributed by atoms with Crippen LogP contribution in [-0.4, -0.2) is 25.7 Å². The van der Waals surface area contributed by atoms with Crippen molar-refractivity contribution in [2.24, 2.45) is 0 Å². The maximum atomic E-state index is 13.4. The molecule has 0 aliphatic heterocycles. The van der Waals surface area contributed by atoms with Crippen LogP contribution in [0.2, 0.25) is 5.02 Å². The van der Waals surface area contributed by atoms with Crippen molar-refractivity contribution in [3.63, 3.8) is 0 Å². The van der Waals surface area contributed by atoms with Gasteiger partial charge in [-0.05, 0) is 24.6 Å². The minimum absolute atomic E-state index is 0.0490. The summed E-state index contributed by atoms with van der Waals surface area (Å²) in [6.45, 7) is 2.31. The zero-order chi connectivity index (χ0) is 12.8. The van der Waals surface area contributed by atoms with Crippen LogP contribution in [0.3, 0.4) is 0 Å². The van der Waals surface area contributed by atoms with Gasteiger partial charge in [-0.1, -0.05) is 18.5 Å². The number of methoxy groups -OCH3 is 1. The van der Waals surface area contributed by atoms with Crippen molar-refractivity contribution in [1.29, 1.82) is 0 Å². The van der Waals surface area contributed by atoms with Crippen molar-refractivity contribution in [3.05, 3.63) is 34.6 Å². The van der Waals surface area contributed by atoms with Gasteiger partial charge in [0.1, 0.15) is 5.82 Å². The predicted octanol–water partition coefficient (Wildman–Crippen LogP) is 2.63. The van der Waals surface area contributed by atoms with E-state index in [0.717, 1.165) is 0 Å². The van der Waals surface area contributed by atoms with Gasteiger partial charge >= 0.3 is 0 Å². The fourth-order valence-corrected chi connectivity index (χ4v) is 1.57. The molecule has 94 valence electrons. The van der Waals surface area contributed by atoms with Crippen molar-refractivity contribution in [1.82, 2.24) is 5.32 Å². The average molecular weight is 260 g/mol. The van der Waals surface area contributed by atoms with E-state index in [1.807, 2.05) is 6.92 Å². The number of hydrogen-bond acceptors (Lipinski definition) is 2. The molecule has 3 nitrogen and oxygen atoms in total. The lowest BCUT2D eigenvalue weighted by molar-refractivity contribution is 0.0890. The molecule has 0 saturated carbocycles. The molecule has 0 bridgehead atoms. The van der Waals surface area contributed by atoms with Gasteiger partial charge in [-0.2, -0.15) is 0 Å². The van der Waals surface area contributed by atoms with Crippen LogP contribution in [0, 0.1) is 5.82 Å². The molecule has 0 spiro atoms. The summed E-state index contributed by atoms with van der Waals surface area (Å²) in [5.41, 5.74) is -0.0490. The second kappa shape index (κ2) is 6.57. The number of carbonyl (C=O) groups is 1. The number of halogens is 2. The highest BCUT2D eigenvalue weighted by Gasteiger charge is 2.15. The molecule has 1 N–H and O–H groups in total. The van der Waals surface area contributed by atoms with E-state index < -0.39 is 11.7 Å². The van der Waals surface area contributed by atoms with E-state index >= 15 is 0 Å². The second-order valence-corrected chi connectivity index (χ2v) is 4.09. The van der Waals surface area contributed by atoms with Gasteiger partial charge in [0.2, 0.25) is 0 Å². The van der Waals surface area contributed by atoms with Gasteiger partial charge in [-0.3, -0.25) is 4.79 Å². The highest BCUT2D eigenvalue weighted by Crippen LogP contribution is 2.15. The Labute approximate surface area is 105 Å². The number of nitrogens with one attached hydrogen (secondary N) is 1. The molecule has 17 heavy (non-hydrogen) atoms. The fourth-order valence-electron chi connectivity index (χ4n) is 1.40. The second-order valence-electron chi connectivity index (χ2n) is 3.66. The van der Waals surface area contributed by atoms with Gasteiger partial charge in [0.25, 0.3) is 5.91 Å². The maximum absolute atomic E-state index is 13.4. The molecule has 0 heterocycles. The third-order valence-electron chi connectivity index (χ3n) is 2.37. The van der Waals surface area contributed by atoms with Crippen LogP contribution in [0.4, 0.5) is 4.39 Å². The Bertz CT molecular complexity index is 398. The summed E-state index contributed by atoms with van der Waals surface area (Å²) in [5.74, 6) is -1.06. The molecule has 1 unspecified atom stereocenters. The van der Waals surface area contributed by atoms with Crippen LogP contribution >= 0.6 is 11.6 Å². The normalized spacial score (nSPS) is 12.2. The van der Waals surface area contributed by atoms with Crippen LogP contribution in [0.1, 0.15) is 23.7 Å². The smallest absolute Gasteiger partial charge is 0.254 e. The van der Waals surface area contributed by atoms with Crippen LogP contribution in [0.25, 0.3) is 0 Å². The molecule has 0 saturated heterocycles. The summed E-state index contributed by atoms with van der Waals surface area (Å²) in [4.78, 5) is 11.8. The SMILES string of the molecule is CCC(COC)NC(=O)c1cc(Cl)ccc1F. The Hall–Kier alpha value is -1.13. The van der Waals surface area contributed by atoms with Crippen LogP contribution in [-0.2, 0) is 4.74 Å². The Morgan fingerprint density at radius 1 is 1.59 bits per heavy atom. The Balaban J connectivity index is 2.78.